The van der Waals surface area contributed by atoms with Gasteiger partial charge in [-0.05, 0) is 56.5 Å². The Kier molecular flexibility index (Phi) is 8.12. The number of pyridine rings is 1. The van der Waals surface area contributed by atoms with Crippen molar-refractivity contribution in [3.8, 4) is 11.5 Å². The molecule has 0 bridgehead atoms. The van der Waals surface area contributed by atoms with Gasteiger partial charge >= 0.3 is 6.03 Å². The third kappa shape index (κ3) is 5.94. The number of aryl methyl sites for hydroxylation is 1. The van der Waals surface area contributed by atoms with Gasteiger partial charge in [-0.15, -0.1) is 0 Å². The molecule has 3 N–H and O–H groups in total. The first-order valence-corrected chi connectivity index (χ1v) is 11.1. The summed E-state index contributed by atoms with van der Waals surface area (Å²) in [6, 6.07) is 10.2. The van der Waals surface area contributed by atoms with Gasteiger partial charge in [-0.3, -0.25) is 14.6 Å². The maximum absolute atomic E-state index is 12.6. The van der Waals surface area contributed by atoms with Crippen molar-refractivity contribution >= 4 is 17.6 Å². The van der Waals surface area contributed by atoms with E-state index in [0.29, 0.717) is 41.7 Å². The van der Waals surface area contributed by atoms with Crippen molar-refractivity contribution in [2.24, 2.45) is 0 Å². The Morgan fingerprint density at radius 1 is 1.03 bits per heavy atom. The Morgan fingerprint density at radius 3 is 2.48 bits per heavy atom. The zero-order valence-electron chi connectivity index (χ0n) is 19.5. The van der Waals surface area contributed by atoms with Crippen LogP contribution in [0.1, 0.15) is 61.4 Å². The molecule has 1 atom stereocenters. The van der Waals surface area contributed by atoms with E-state index in [-0.39, 0.29) is 6.04 Å². The number of hydrogen-bond acceptors (Lipinski definition) is 5. The molecule has 0 spiro atoms. The van der Waals surface area contributed by atoms with E-state index in [4.69, 9.17) is 9.47 Å². The molecular formula is C24H31N5O4. The lowest BCUT2D eigenvalue weighted by atomic mass is 10.1. The van der Waals surface area contributed by atoms with Gasteiger partial charge in [0.1, 0.15) is 11.3 Å². The van der Waals surface area contributed by atoms with Gasteiger partial charge in [0, 0.05) is 6.20 Å². The minimum Gasteiger partial charge on any atom is -0.490 e. The van der Waals surface area contributed by atoms with E-state index < -0.39 is 11.9 Å². The van der Waals surface area contributed by atoms with Gasteiger partial charge in [0.2, 0.25) is 0 Å². The fraction of sp³-hybridized carbons (Fsp3) is 0.375. The highest BCUT2D eigenvalue weighted by molar-refractivity contribution is 5.95. The molecule has 176 valence electrons. The Balaban J connectivity index is 1.61. The Hall–Kier alpha value is -3.75. The number of rotatable bonds is 9. The highest BCUT2D eigenvalue weighted by Crippen LogP contribution is 2.31. The molecule has 0 aliphatic heterocycles. The minimum absolute atomic E-state index is 0.330. The van der Waals surface area contributed by atoms with E-state index in [1.807, 2.05) is 57.2 Å². The van der Waals surface area contributed by atoms with Crippen LogP contribution >= 0.6 is 0 Å². The smallest absolute Gasteiger partial charge is 0.333 e. The van der Waals surface area contributed by atoms with E-state index in [1.54, 1.807) is 17.5 Å². The molecule has 1 aromatic carbocycles. The molecular weight excluding hydrogens is 422 g/mol. The molecule has 0 aliphatic rings. The molecule has 3 amide bonds. The average Bonchev–Trinajstić information content (AvgIpc) is 3.15. The summed E-state index contributed by atoms with van der Waals surface area (Å²) in [5, 5.41) is 2.81. The number of hydrazine groups is 1. The van der Waals surface area contributed by atoms with E-state index in [1.165, 1.54) is 0 Å². The van der Waals surface area contributed by atoms with E-state index in [9.17, 15) is 9.59 Å². The largest absolute Gasteiger partial charge is 0.490 e. The first kappa shape index (κ1) is 23.9. The second-order valence-corrected chi connectivity index (χ2v) is 7.65. The quantitative estimate of drug-likeness (QED) is 0.426. The van der Waals surface area contributed by atoms with Crippen molar-refractivity contribution in [2.45, 2.75) is 46.6 Å². The van der Waals surface area contributed by atoms with Crippen LogP contribution < -0.4 is 25.6 Å². The predicted octanol–water partition coefficient (Wildman–Crippen LogP) is 3.93. The maximum atomic E-state index is 12.6. The molecule has 9 nitrogen and oxygen atoms in total. The van der Waals surface area contributed by atoms with Crippen LogP contribution in [-0.2, 0) is 0 Å². The molecule has 3 rings (SSSR count). The van der Waals surface area contributed by atoms with Crippen LogP contribution in [0.3, 0.4) is 0 Å². The van der Waals surface area contributed by atoms with E-state index >= 15 is 0 Å². The summed E-state index contributed by atoms with van der Waals surface area (Å²) in [6.45, 7) is 8.85. The molecule has 2 aromatic heterocycles. The number of fused-ring (bicyclic) bond motifs is 1. The normalized spacial score (nSPS) is 11.6. The Labute approximate surface area is 193 Å². The van der Waals surface area contributed by atoms with Gasteiger partial charge in [0.15, 0.2) is 11.5 Å². The number of hydrogen-bond donors (Lipinski definition) is 3. The van der Waals surface area contributed by atoms with Crippen LogP contribution in [0, 0.1) is 6.92 Å². The zero-order valence-corrected chi connectivity index (χ0v) is 19.5. The highest BCUT2D eigenvalue weighted by Gasteiger charge is 2.18. The number of carbonyl (C=O) groups is 2. The van der Waals surface area contributed by atoms with Crippen molar-refractivity contribution < 1.29 is 19.1 Å². The summed E-state index contributed by atoms with van der Waals surface area (Å²) in [4.78, 5) is 29.4. The van der Waals surface area contributed by atoms with Gasteiger partial charge in [0.05, 0.1) is 24.9 Å². The second kappa shape index (κ2) is 11.2. The third-order valence-electron chi connectivity index (χ3n) is 4.95. The fourth-order valence-electron chi connectivity index (χ4n) is 3.33. The lowest BCUT2D eigenvalue weighted by Gasteiger charge is -2.18. The first-order chi connectivity index (χ1) is 15.9. The number of nitrogens with zero attached hydrogens (tertiary/aromatic N) is 2. The standard InChI is InChI=1S/C24H31N5O4/c1-5-13-32-19-11-10-18(15-20(19)33-14-6-2)16(3)26-24(31)28-27-23(30)22-17(4)25-21-9-7-8-12-29(21)22/h7-12,15-16H,5-6,13-14H2,1-4H3,(H,27,30)(H2,26,28,31)/t16-/m1/s1. The molecule has 33 heavy (non-hydrogen) atoms. The summed E-state index contributed by atoms with van der Waals surface area (Å²) >= 11 is 0. The lowest BCUT2D eigenvalue weighted by molar-refractivity contribution is 0.0929. The number of benzene rings is 1. The molecule has 0 radical (unpaired) electrons. The number of amides is 3. The van der Waals surface area contributed by atoms with Crippen LogP contribution in [0.5, 0.6) is 11.5 Å². The van der Waals surface area contributed by atoms with Gasteiger partial charge < -0.3 is 14.8 Å². The van der Waals surface area contributed by atoms with Crippen molar-refractivity contribution in [1.29, 1.82) is 0 Å². The number of aromatic nitrogens is 2. The molecule has 0 unspecified atom stereocenters. The van der Waals surface area contributed by atoms with Crippen molar-refractivity contribution in [2.75, 3.05) is 13.2 Å². The summed E-state index contributed by atoms with van der Waals surface area (Å²) < 4.78 is 13.3. The molecule has 0 fully saturated rings. The third-order valence-corrected chi connectivity index (χ3v) is 4.95. The zero-order chi connectivity index (χ0) is 23.8. The van der Waals surface area contributed by atoms with Crippen LogP contribution in [0.25, 0.3) is 5.65 Å². The summed E-state index contributed by atoms with van der Waals surface area (Å²) in [5.41, 5.74) is 7.28. The molecule has 0 saturated carbocycles. The Morgan fingerprint density at radius 2 is 1.76 bits per heavy atom. The Bertz CT molecular complexity index is 1110. The number of carbonyl (C=O) groups excluding carboxylic acids is 2. The number of imidazole rings is 1. The highest BCUT2D eigenvalue weighted by atomic mass is 16.5. The molecule has 0 aliphatic carbocycles. The van der Waals surface area contributed by atoms with Crippen molar-refractivity contribution in [1.82, 2.24) is 25.6 Å². The maximum Gasteiger partial charge on any atom is 0.333 e. The minimum atomic E-state index is -0.537. The molecule has 0 saturated heterocycles. The van der Waals surface area contributed by atoms with Crippen molar-refractivity contribution in [3.63, 3.8) is 0 Å². The monoisotopic (exact) mass is 453 g/mol. The van der Waals surface area contributed by atoms with E-state index in [0.717, 1.165) is 18.4 Å². The predicted molar refractivity (Wildman–Crippen MR) is 125 cm³/mol. The van der Waals surface area contributed by atoms with Crippen LogP contribution in [0.4, 0.5) is 4.79 Å². The summed E-state index contributed by atoms with van der Waals surface area (Å²) in [7, 11) is 0. The second-order valence-electron chi connectivity index (χ2n) is 7.65. The molecule has 3 aromatic rings. The van der Waals surface area contributed by atoms with Crippen LogP contribution in [0.2, 0.25) is 0 Å². The molecule has 9 heteroatoms. The lowest BCUT2D eigenvalue weighted by Crippen LogP contribution is -2.47. The number of urea groups is 1. The number of ether oxygens (including phenoxy) is 2. The van der Waals surface area contributed by atoms with Crippen LogP contribution in [0.15, 0.2) is 42.6 Å². The summed E-state index contributed by atoms with van der Waals surface area (Å²) in [5.74, 6) is 0.872. The van der Waals surface area contributed by atoms with Crippen molar-refractivity contribution in [3.05, 3.63) is 59.5 Å². The van der Waals surface area contributed by atoms with Gasteiger partial charge in [-0.2, -0.15) is 0 Å². The van der Waals surface area contributed by atoms with E-state index in [2.05, 4.69) is 21.2 Å². The topological polar surface area (TPSA) is 106 Å². The molecule has 2 heterocycles. The first-order valence-electron chi connectivity index (χ1n) is 11.1. The SMILES string of the molecule is CCCOc1ccc([C@@H](C)NC(=O)NNC(=O)c2c(C)nc3ccccn23)cc1OCCC. The summed E-state index contributed by atoms with van der Waals surface area (Å²) in [6.07, 6.45) is 3.52. The van der Waals surface area contributed by atoms with Crippen LogP contribution in [-0.4, -0.2) is 34.5 Å². The fourth-order valence-corrected chi connectivity index (χ4v) is 3.33. The van der Waals surface area contributed by atoms with Gasteiger partial charge in [-0.25, -0.2) is 15.2 Å². The van der Waals surface area contributed by atoms with Gasteiger partial charge in [-0.1, -0.05) is 26.0 Å². The van der Waals surface area contributed by atoms with Gasteiger partial charge in [0.25, 0.3) is 5.91 Å². The number of nitrogens with one attached hydrogen (secondary N) is 3. The average molecular weight is 454 g/mol.